The number of hydrogen-bond donors (Lipinski definition) is 0. The summed E-state index contributed by atoms with van der Waals surface area (Å²) in [5.74, 6) is 1.70. The monoisotopic (exact) mass is 288 g/mol. The second kappa shape index (κ2) is 6.93. The van der Waals surface area contributed by atoms with Crippen LogP contribution in [0.25, 0.3) is 0 Å². The van der Waals surface area contributed by atoms with Gasteiger partial charge in [0.1, 0.15) is 0 Å². The van der Waals surface area contributed by atoms with E-state index in [1.165, 1.54) is 36.8 Å². The molecule has 2 fully saturated rings. The van der Waals surface area contributed by atoms with E-state index in [1.807, 2.05) is 0 Å². The van der Waals surface area contributed by atoms with Gasteiger partial charge in [0, 0.05) is 7.11 Å². The molecular formula is C19H28O2. The molecule has 0 aromatic heterocycles. The highest BCUT2D eigenvalue weighted by Gasteiger charge is 2.23. The lowest BCUT2D eigenvalue weighted by Crippen LogP contribution is -2.26. The maximum atomic E-state index is 5.94. The van der Waals surface area contributed by atoms with Crippen LogP contribution < -0.4 is 0 Å². The molecule has 1 aromatic carbocycles. The first kappa shape index (κ1) is 15.1. The Kier molecular flexibility index (Phi) is 4.97. The molecule has 1 heterocycles. The normalized spacial score (nSPS) is 33.8. The highest BCUT2D eigenvalue weighted by Crippen LogP contribution is 2.36. The number of hydrogen-bond acceptors (Lipinski definition) is 2. The predicted molar refractivity (Wildman–Crippen MR) is 85.5 cm³/mol. The molecule has 3 rings (SSSR count). The predicted octanol–water partition coefficient (Wildman–Crippen LogP) is 4.85. The molecule has 2 unspecified atom stereocenters. The zero-order chi connectivity index (χ0) is 14.7. The van der Waals surface area contributed by atoms with Crippen molar-refractivity contribution in [3.63, 3.8) is 0 Å². The molecule has 1 saturated heterocycles. The van der Waals surface area contributed by atoms with Gasteiger partial charge in [-0.05, 0) is 48.6 Å². The summed E-state index contributed by atoms with van der Waals surface area (Å²) in [5, 5.41) is 0. The maximum Gasteiger partial charge on any atom is 0.0827 e. The van der Waals surface area contributed by atoms with Gasteiger partial charge in [-0.2, -0.15) is 0 Å². The van der Waals surface area contributed by atoms with E-state index in [2.05, 4.69) is 31.2 Å². The van der Waals surface area contributed by atoms with Gasteiger partial charge in [-0.25, -0.2) is 0 Å². The lowest BCUT2D eigenvalue weighted by atomic mass is 9.79. The van der Waals surface area contributed by atoms with Crippen LogP contribution in [0.4, 0.5) is 0 Å². The third-order valence-electron chi connectivity index (χ3n) is 5.36. The Hall–Kier alpha value is -0.860. The van der Waals surface area contributed by atoms with Crippen molar-refractivity contribution < 1.29 is 9.47 Å². The van der Waals surface area contributed by atoms with Crippen molar-refractivity contribution in [3.8, 4) is 0 Å². The molecule has 0 N–H and O–H groups in total. The van der Waals surface area contributed by atoms with Crippen molar-refractivity contribution in [2.24, 2.45) is 5.92 Å². The molecule has 0 radical (unpaired) electrons. The van der Waals surface area contributed by atoms with Crippen molar-refractivity contribution in [1.29, 1.82) is 0 Å². The van der Waals surface area contributed by atoms with Crippen molar-refractivity contribution in [2.45, 2.75) is 63.6 Å². The van der Waals surface area contributed by atoms with Gasteiger partial charge in [0.05, 0.1) is 18.8 Å². The van der Waals surface area contributed by atoms with Crippen molar-refractivity contribution in [2.75, 3.05) is 13.7 Å². The Labute approximate surface area is 128 Å². The topological polar surface area (TPSA) is 18.5 Å². The van der Waals surface area contributed by atoms with Crippen LogP contribution in [-0.4, -0.2) is 19.8 Å². The van der Waals surface area contributed by atoms with E-state index in [4.69, 9.17) is 9.47 Å². The summed E-state index contributed by atoms with van der Waals surface area (Å²) >= 11 is 0. The summed E-state index contributed by atoms with van der Waals surface area (Å²) in [6.45, 7) is 3.11. The molecule has 21 heavy (non-hydrogen) atoms. The third-order valence-corrected chi connectivity index (χ3v) is 5.36. The lowest BCUT2D eigenvalue weighted by Gasteiger charge is -2.29. The van der Waals surface area contributed by atoms with Crippen LogP contribution in [0.5, 0.6) is 0 Å². The molecule has 1 aliphatic carbocycles. The fraction of sp³-hybridized carbons (Fsp3) is 0.684. The largest absolute Gasteiger partial charge is 0.379 e. The minimum atomic E-state index is 0.261. The molecule has 1 aromatic rings. The van der Waals surface area contributed by atoms with Gasteiger partial charge in [-0.1, -0.05) is 44.0 Å². The fourth-order valence-electron chi connectivity index (χ4n) is 3.75. The molecule has 0 spiro atoms. The minimum Gasteiger partial charge on any atom is -0.379 e. The second-order valence-electron chi connectivity index (χ2n) is 6.88. The minimum absolute atomic E-state index is 0.261. The average molecular weight is 288 g/mol. The third kappa shape index (κ3) is 3.67. The van der Waals surface area contributed by atoms with Crippen molar-refractivity contribution in [3.05, 3.63) is 35.4 Å². The van der Waals surface area contributed by atoms with Crippen LogP contribution in [0.1, 0.15) is 68.6 Å². The van der Waals surface area contributed by atoms with Crippen LogP contribution >= 0.6 is 0 Å². The SMILES string of the molecule is COC1CCC(c2ccc(C3CCC(C)CC3)cc2)OC1. The van der Waals surface area contributed by atoms with Crippen molar-refractivity contribution in [1.82, 2.24) is 0 Å². The molecule has 2 heteroatoms. The maximum absolute atomic E-state index is 5.94. The van der Waals surface area contributed by atoms with Crippen LogP contribution in [0, 0.1) is 5.92 Å². The molecule has 0 amide bonds. The Balaban J connectivity index is 1.59. The van der Waals surface area contributed by atoms with Gasteiger partial charge in [0.2, 0.25) is 0 Å². The van der Waals surface area contributed by atoms with Crippen molar-refractivity contribution >= 4 is 0 Å². The Morgan fingerprint density at radius 2 is 1.57 bits per heavy atom. The van der Waals surface area contributed by atoms with Gasteiger partial charge in [-0.15, -0.1) is 0 Å². The number of ether oxygens (including phenoxy) is 2. The van der Waals surface area contributed by atoms with Gasteiger partial charge < -0.3 is 9.47 Å². The Bertz CT molecular complexity index is 423. The van der Waals surface area contributed by atoms with E-state index >= 15 is 0 Å². The first-order chi connectivity index (χ1) is 10.3. The molecule has 1 aliphatic heterocycles. The van der Waals surface area contributed by atoms with Gasteiger partial charge >= 0.3 is 0 Å². The summed E-state index contributed by atoms with van der Waals surface area (Å²) in [4.78, 5) is 0. The van der Waals surface area contributed by atoms with E-state index in [9.17, 15) is 0 Å². The molecule has 2 nitrogen and oxygen atoms in total. The van der Waals surface area contributed by atoms with E-state index in [0.29, 0.717) is 0 Å². The number of methoxy groups -OCH3 is 1. The van der Waals surface area contributed by atoms with E-state index in [1.54, 1.807) is 7.11 Å². The summed E-state index contributed by atoms with van der Waals surface area (Å²) in [6, 6.07) is 9.24. The first-order valence-corrected chi connectivity index (χ1v) is 8.50. The van der Waals surface area contributed by atoms with Gasteiger partial charge in [0.15, 0.2) is 0 Å². The molecule has 2 aliphatic rings. The van der Waals surface area contributed by atoms with Crippen LogP contribution in [0.15, 0.2) is 24.3 Å². The highest BCUT2D eigenvalue weighted by atomic mass is 16.5. The smallest absolute Gasteiger partial charge is 0.0827 e. The van der Waals surface area contributed by atoms with Gasteiger partial charge in [-0.3, -0.25) is 0 Å². The molecule has 1 saturated carbocycles. The van der Waals surface area contributed by atoms with Gasteiger partial charge in [0.25, 0.3) is 0 Å². The standard InChI is InChI=1S/C19H28O2/c1-14-3-5-15(6-4-14)16-7-9-17(10-8-16)19-12-11-18(20-2)13-21-19/h7-10,14-15,18-19H,3-6,11-13H2,1-2H3. The van der Waals surface area contributed by atoms with Crippen LogP contribution in [0.3, 0.4) is 0 Å². The molecule has 0 bridgehead atoms. The zero-order valence-corrected chi connectivity index (χ0v) is 13.4. The zero-order valence-electron chi connectivity index (χ0n) is 13.4. The van der Waals surface area contributed by atoms with E-state index in [-0.39, 0.29) is 12.2 Å². The highest BCUT2D eigenvalue weighted by molar-refractivity contribution is 5.27. The quantitative estimate of drug-likeness (QED) is 0.792. The summed E-state index contributed by atoms with van der Waals surface area (Å²) in [5.41, 5.74) is 2.86. The van der Waals surface area contributed by atoms with E-state index < -0.39 is 0 Å². The number of benzene rings is 1. The fourth-order valence-corrected chi connectivity index (χ4v) is 3.75. The van der Waals surface area contributed by atoms with E-state index in [0.717, 1.165) is 31.3 Å². The van der Waals surface area contributed by atoms with Crippen LogP contribution in [-0.2, 0) is 9.47 Å². The Morgan fingerprint density at radius 1 is 0.905 bits per heavy atom. The molecular weight excluding hydrogens is 260 g/mol. The molecule has 2 atom stereocenters. The number of rotatable bonds is 3. The lowest BCUT2D eigenvalue weighted by molar-refractivity contribution is -0.0725. The summed E-state index contributed by atoms with van der Waals surface area (Å²) < 4.78 is 11.3. The first-order valence-electron chi connectivity index (χ1n) is 8.50. The van der Waals surface area contributed by atoms with Crippen LogP contribution in [0.2, 0.25) is 0 Å². The Morgan fingerprint density at radius 3 is 2.14 bits per heavy atom. The molecule has 116 valence electrons. The second-order valence-corrected chi connectivity index (χ2v) is 6.88. The summed E-state index contributed by atoms with van der Waals surface area (Å²) in [7, 11) is 1.77. The summed E-state index contributed by atoms with van der Waals surface area (Å²) in [6.07, 6.45) is 8.20. The average Bonchev–Trinajstić information content (AvgIpc) is 2.56.